The third-order valence-electron chi connectivity index (χ3n) is 4.07. The van der Waals surface area contributed by atoms with Gasteiger partial charge in [0.25, 0.3) is 5.91 Å². The molecule has 3 rings (SSSR count). The molecule has 1 aromatic carbocycles. The van der Waals surface area contributed by atoms with E-state index in [0.717, 1.165) is 16.3 Å². The third-order valence-corrected chi connectivity index (χ3v) is 5.06. The number of anilines is 1. The van der Waals surface area contributed by atoms with Crippen molar-refractivity contribution in [1.29, 1.82) is 0 Å². The molecule has 0 aliphatic carbocycles. The van der Waals surface area contributed by atoms with Gasteiger partial charge in [0.05, 0.1) is 25.5 Å². The molecule has 9 heteroatoms. The fourth-order valence-electron chi connectivity index (χ4n) is 2.75. The van der Waals surface area contributed by atoms with Gasteiger partial charge in [0.15, 0.2) is 11.7 Å². The topological polar surface area (TPSA) is 90.0 Å². The largest absolute Gasteiger partial charge is 0.494 e. The van der Waals surface area contributed by atoms with Gasteiger partial charge in [-0.25, -0.2) is 9.78 Å². The Morgan fingerprint density at radius 1 is 1.14 bits per heavy atom. The summed E-state index contributed by atoms with van der Waals surface area (Å²) in [5, 5.41) is 3.10. The predicted molar refractivity (Wildman–Crippen MR) is 105 cm³/mol. The van der Waals surface area contributed by atoms with Crippen LogP contribution in [0.3, 0.4) is 0 Å². The van der Waals surface area contributed by atoms with Crippen LogP contribution >= 0.6 is 11.3 Å². The van der Waals surface area contributed by atoms with Crippen molar-refractivity contribution in [3.63, 3.8) is 0 Å². The van der Waals surface area contributed by atoms with Crippen LogP contribution in [-0.2, 0) is 22.5 Å². The fourth-order valence-corrected chi connectivity index (χ4v) is 3.76. The van der Waals surface area contributed by atoms with Crippen LogP contribution in [0.2, 0.25) is 0 Å². The van der Waals surface area contributed by atoms with Crippen LogP contribution in [0.25, 0.3) is 0 Å². The molecule has 0 unspecified atom stereocenters. The minimum Gasteiger partial charge on any atom is -0.494 e. The van der Waals surface area contributed by atoms with Crippen LogP contribution in [0, 0.1) is 0 Å². The van der Waals surface area contributed by atoms with Crippen LogP contribution in [0.5, 0.6) is 11.5 Å². The molecule has 1 aliphatic rings. The number of benzene rings is 1. The number of carbonyl (C=O) groups is 2. The Labute approximate surface area is 167 Å². The number of nitrogens with one attached hydrogen (secondary N) is 1. The Hall–Kier alpha value is -2.81. The second kappa shape index (κ2) is 9.41. The van der Waals surface area contributed by atoms with Gasteiger partial charge in [-0.1, -0.05) is 11.3 Å². The molecule has 2 aromatic rings. The molecule has 1 aliphatic heterocycles. The van der Waals surface area contributed by atoms with Gasteiger partial charge in [-0.15, -0.1) is 0 Å². The highest BCUT2D eigenvalue weighted by atomic mass is 32.1. The number of nitrogens with zero attached hydrogens (tertiary/aromatic N) is 2. The highest BCUT2D eigenvalue weighted by Crippen LogP contribution is 2.28. The maximum Gasteiger partial charge on any atom is 0.413 e. The number of carbonyl (C=O) groups excluding carboxylic acids is 2. The van der Waals surface area contributed by atoms with E-state index in [4.69, 9.17) is 14.2 Å². The van der Waals surface area contributed by atoms with E-state index in [1.807, 2.05) is 19.1 Å². The standard InChI is InChI=1S/C19H23N3O5S/c1-3-25-13-5-7-14(8-6-13)27-12-17(23)22-10-9-15-16(11-22)28-18(20-15)21-19(24)26-4-2/h5-8H,3-4,9-12H2,1-2H3,(H,20,21,24). The van der Waals surface area contributed by atoms with Gasteiger partial charge in [-0.2, -0.15) is 0 Å². The lowest BCUT2D eigenvalue weighted by Crippen LogP contribution is -2.38. The summed E-state index contributed by atoms with van der Waals surface area (Å²) in [4.78, 5) is 31.1. The van der Waals surface area contributed by atoms with Crippen LogP contribution < -0.4 is 14.8 Å². The number of amides is 2. The normalized spacial score (nSPS) is 12.9. The SMILES string of the molecule is CCOC(=O)Nc1nc2c(s1)CN(C(=O)COc1ccc(OCC)cc1)CC2. The Kier molecular flexibility index (Phi) is 6.70. The Morgan fingerprint density at radius 2 is 1.86 bits per heavy atom. The summed E-state index contributed by atoms with van der Waals surface area (Å²) in [6, 6.07) is 7.18. The van der Waals surface area contributed by atoms with Crippen molar-refractivity contribution in [3.8, 4) is 11.5 Å². The first-order valence-electron chi connectivity index (χ1n) is 9.14. The molecular formula is C19H23N3O5S. The van der Waals surface area contributed by atoms with E-state index in [-0.39, 0.29) is 12.5 Å². The van der Waals surface area contributed by atoms with Gasteiger partial charge in [-0.05, 0) is 38.1 Å². The van der Waals surface area contributed by atoms with Crippen LogP contribution in [0.15, 0.2) is 24.3 Å². The molecule has 0 radical (unpaired) electrons. The van der Waals surface area contributed by atoms with Crippen LogP contribution in [0.1, 0.15) is 24.4 Å². The summed E-state index contributed by atoms with van der Waals surface area (Å²) in [6.45, 7) is 5.56. The van der Waals surface area contributed by atoms with E-state index >= 15 is 0 Å². The average Bonchev–Trinajstić information content (AvgIpc) is 3.08. The van der Waals surface area contributed by atoms with Crippen LogP contribution in [-0.4, -0.2) is 48.2 Å². The molecule has 0 saturated heterocycles. The smallest absolute Gasteiger partial charge is 0.413 e. The molecule has 1 N–H and O–H groups in total. The minimum absolute atomic E-state index is 0.0317. The van der Waals surface area contributed by atoms with E-state index in [9.17, 15) is 9.59 Å². The average molecular weight is 405 g/mol. The predicted octanol–water partition coefficient (Wildman–Crippen LogP) is 3.07. The third kappa shape index (κ3) is 5.13. The van der Waals surface area contributed by atoms with Crippen molar-refractivity contribution >= 4 is 28.5 Å². The Balaban J connectivity index is 1.52. The lowest BCUT2D eigenvalue weighted by atomic mass is 10.2. The lowest BCUT2D eigenvalue weighted by Gasteiger charge is -2.26. The molecule has 0 atom stereocenters. The monoisotopic (exact) mass is 405 g/mol. The highest BCUT2D eigenvalue weighted by Gasteiger charge is 2.25. The second-order valence-corrected chi connectivity index (χ2v) is 7.08. The molecule has 0 saturated carbocycles. The molecular weight excluding hydrogens is 382 g/mol. The first-order chi connectivity index (χ1) is 13.6. The number of rotatable bonds is 7. The van der Waals surface area contributed by atoms with E-state index in [1.54, 1.807) is 24.0 Å². The van der Waals surface area contributed by atoms with Crippen molar-refractivity contribution < 1.29 is 23.8 Å². The highest BCUT2D eigenvalue weighted by molar-refractivity contribution is 7.15. The van der Waals surface area contributed by atoms with Gasteiger partial charge >= 0.3 is 6.09 Å². The summed E-state index contributed by atoms with van der Waals surface area (Å²) in [7, 11) is 0. The number of ether oxygens (including phenoxy) is 3. The second-order valence-electron chi connectivity index (χ2n) is 5.99. The molecule has 0 fully saturated rings. The maximum atomic E-state index is 12.5. The van der Waals surface area contributed by atoms with Crippen molar-refractivity contribution in [2.45, 2.75) is 26.8 Å². The van der Waals surface area contributed by atoms with Gasteiger partial charge < -0.3 is 19.1 Å². The minimum atomic E-state index is -0.523. The Bertz CT molecular complexity index is 821. The summed E-state index contributed by atoms with van der Waals surface area (Å²) >= 11 is 1.36. The van der Waals surface area contributed by atoms with E-state index < -0.39 is 6.09 Å². The molecule has 1 aromatic heterocycles. The molecule has 2 heterocycles. The summed E-state index contributed by atoms with van der Waals surface area (Å²) in [6.07, 6.45) is 0.121. The summed E-state index contributed by atoms with van der Waals surface area (Å²) in [5.74, 6) is 1.29. The quantitative estimate of drug-likeness (QED) is 0.761. The summed E-state index contributed by atoms with van der Waals surface area (Å²) in [5.41, 5.74) is 0.910. The molecule has 28 heavy (non-hydrogen) atoms. The molecule has 8 nitrogen and oxygen atoms in total. The zero-order chi connectivity index (χ0) is 19.9. The van der Waals surface area contributed by atoms with Gasteiger partial charge in [0.2, 0.25) is 0 Å². The van der Waals surface area contributed by atoms with E-state index in [2.05, 4.69) is 10.3 Å². The number of thiazole rings is 1. The number of hydrogen-bond donors (Lipinski definition) is 1. The number of aromatic nitrogens is 1. The van der Waals surface area contributed by atoms with E-state index in [1.165, 1.54) is 11.3 Å². The first kappa shape index (κ1) is 19.9. The lowest BCUT2D eigenvalue weighted by molar-refractivity contribution is -0.134. The van der Waals surface area contributed by atoms with Gasteiger partial charge in [0.1, 0.15) is 11.5 Å². The zero-order valence-electron chi connectivity index (χ0n) is 15.9. The number of hydrogen-bond acceptors (Lipinski definition) is 7. The van der Waals surface area contributed by atoms with Crippen molar-refractivity contribution in [2.24, 2.45) is 0 Å². The first-order valence-corrected chi connectivity index (χ1v) is 9.96. The zero-order valence-corrected chi connectivity index (χ0v) is 16.7. The van der Waals surface area contributed by atoms with E-state index in [0.29, 0.717) is 43.6 Å². The van der Waals surface area contributed by atoms with Crippen molar-refractivity contribution in [2.75, 3.05) is 31.7 Å². The van der Waals surface area contributed by atoms with Gasteiger partial charge in [-0.3, -0.25) is 10.1 Å². The summed E-state index contributed by atoms with van der Waals surface area (Å²) < 4.78 is 15.8. The van der Waals surface area contributed by atoms with Gasteiger partial charge in [0, 0.05) is 17.8 Å². The molecule has 150 valence electrons. The molecule has 0 bridgehead atoms. The van der Waals surface area contributed by atoms with Crippen LogP contribution in [0.4, 0.5) is 9.93 Å². The fraction of sp³-hybridized carbons (Fsp3) is 0.421. The maximum absolute atomic E-state index is 12.5. The Morgan fingerprint density at radius 3 is 2.54 bits per heavy atom. The van der Waals surface area contributed by atoms with Crippen molar-refractivity contribution in [1.82, 2.24) is 9.88 Å². The molecule has 2 amide bonds. The number of fused-ring (bicyclic) bond motifs is 1. The molecule has 0 spiro atoms. The van der Waals surface area contributed by atoms with Crippen molar-refractivity contribution in [3.05, 3.63) is 34.8 Å².